The van der Waals surface area contributed by atoms with E-state index >= 15 is 0 Å². The van der Waals surface area contributed by atoms with Crippen LogP contribution in [-0.4, -0.2) is 31.7 Å². The van der Waals surface area contributed by atoms with Crippen LogP contribution in [0, 0.1) is 0 Å². The van der Waals surface area contributed by atoms with Gasteiger partial charge in [0.1, 0.15) is 5.75 Å². The number of guanidine groups is 1. The van der Waals surface area contributed by atoms with Crippen LogP contribution in [0.25, 0.3) is 0 Å². The second kappa shape index (κ2) is 8.46. The van der Waals surface area contributed by atoms with Gasteiger partial charge in [-0.3, -0.25) is 4.99 Å². The standard InChI is InChI=1S/C16H27N3O/c1-12(2)19-16(17-5)18-11-10-14-6-8-15(9-7-14)20-13(3)4/h6-9,12-13H,10-11H2,1-5H3,(H2,17,18,19). The van der Waals surface area contributed by atoms with Crippen molar-refractivity contribution in [1.29, 1.82) is 0 Å². The quantitative estimate of drug-likeness (QED) is 0.620. The first-order valence-corrected chi connectivity index (χ1v) is 7.24. The molecule has 0 amide bonds. The molecular formula is C16H27N3O. The lowest BCUT2D eigenvalue weighted by molar-refractivity contribution is 0.242. The lowest BCUT2D eigenvalue weighted by atomic mass is 10.1. The molecule has 0 unspecified atom stereocenters. The Morgan fingerprint density at radius 1 is 1.15 bits per heavy atom. The van der Waals surface area contributed by atoms with Crippen molar-refractivity contribution in [3.63, 3.8) is 0 Å². The van der Waals surface area contributed by atoms with Gasteiger partial charge in [0.05, 0.1) is 6.10 Å². The molecule has 112 valence electrons. The summed E-state index contributed by atoms with van der Waals surface area (Å²) >= 11 is 0. The van der Waals surface area contributed by atoms with E-state index in [2.05, 4.69) is 41.6 Å². The van der Waals surface area contributed by atoms with E-state index in [-0.39, 0.29) is 6.10 Å². The van der Waals surface area contributed by atoms with Gasteiger partial charge < -0.3 is 15.4 Å². The minimum atomic E-state index is 0.216. The van der Waals surface area contributed by atoms with E-state index in [1.807, 2.05) is 26.0 Å². The van der Waals surface area contributed by atoms with Crippen molar-refractivity contribution < 1.29 is 4.74 Å². The van der Waals surface area contributed by atoms with E-state index in [9.17, 15) is 0 Å². The highest BCUT2D eigenvalue weighted by Crippen LogP contribution is 2.13. The molecule has 0 aliphatic carbocycles. The van der Waals surface area contributed by atoms with Crippen LogP contribution in [-0.2, 0) is 6.42 Å². The Morgan fingerprint density at radius 2 is 1.80 bits per heavy atom. The Morgan fingerprint density at radius 3 is 2.30 bits per heavy atom. The Labute approximate surface area is 122 Å². The lowest BCUT2D eigenvalue weighted by Gasteiger charge is -2.14. The SMILES string of the molecule is CN=C(NCCc1ccc(OC(C)C)cc1)NC(C)C. The molecule has 4 nitrogen and oxygen atoms in total. The topological polar surface area (TPSA) is 45.7 Å². The summed E-state index contributed by atoms with van der Waals surface area (Å²) in [7, 11) is 1.79. The number of nitrogens with one attached hydrogen (secondary N) is 2. The molecule has 0 radical (unpaired) electrons. The summed E-state index contributed by atoms with van der Waals surface area (Å²) in [5.41, 5.74) is 1.29. The predicted octanol–water partition coefficient (Wildman–Crippen LogP) is 2.59. The fourth-order valence-corrected chi connectivity index (χ4v) is 1.80. The molecule has 1 rings (SSSR count). The zero-order valence-corrected chi connectivity index (χ0v) is 13.2. The fraction of sp³-hybridized carbons (Fsp3) is 0.562. The zero-order chi connectivity index (χ0) is 15.0. The number of aliphatic imine (C=N–C) groups is 1. The van der Waals surface area contributed by atoms with E-state index in [4.69, 9.17) is 4.74 Å². The lowest BCUT2D eigenvalue weighted by Crippen LogP contribution is -2.41. The average molecular weight is 277 g/mol. The van der Waals surface area contributed by atoms with Crippen LogP contribution in [0.15, 0.2) is 29.3 Å². The van der Waals surface area contributed by atoms with Gasteiger partial charge in [-0.25, -0.2) is 0 Å². The molecular weight excluding hydrogens is 250 g/mol. The molecule has 20 heavy (non-hydrogen) atoms. The minimum Gasteiger partial charge on any atom is -0.491 e. The van der Waals surface area contributed by atoms with Crippen molar-refractivity contribution in [2.75, 3.05) is 13.6 Å². The predicted molar refractivity (Wildman–Crippen MR) is 85.5 cm³/mol. The summed E-state index contributed by atoms with van der Waals surface area (Å²) in [6.07, 6.45) is 1.17. The third kappa shape index (κ3) is 6.45. The Kier molecular flexibility index (Phi) is 6.91. The Hall–Kier alpha value is -1.71. The van der Waals surface area contributed by atoms with Crippen molar-refractivity contribution in [2.24, 2.45) is 4.99 Å². The van der Waals surface area contributed by atoms with Crippen LogP contribution in [0.5, 0.6) is 5.75 Å². The maximum absolute atomic E-state index is 5.63. The van der Waals surface area contributed by atoms with Crippen LogP contribution in [0.3, 0.4) is 0 Å². The van der Waals surface area contributed by atoms with E-state index < -0.39 is 0 Å². The van der Waals surface area contributed by atoms with Gasteiger partial charge in [0.25, 0.3) is 0 Å². The fourth-order valence-electron chi connectivity index (χ4n) is 1.80. The molecule has 1 aromatic carbocycles. The molecule has 0 fully saturated rings. The van der Waals surface area contributed by atoms with E-state index in [1.165, 1.54) is 5.56 Å². The van der Waals surface area contributed by atoms with Gasteiger partial charge in [-0.2, -0.15) is 0 Å². The Balaban J connectivity index is 2.38. The summed E-state index contributed by atoms with van der Waals surface area (Å²) in [6.45, 7) is 9.12. The van der Waals surface area contributed by atoms with Gasteiger partial charge in [0, 0.05) is 19.6 Å². The molecule has 0 saturated heterocycles. The number of benzene rings is 1. The summed E-state index contributed by atoms with van der Waals surface area (Å²) in [5, 5.41) is 6.57. The van der Waals surface area contributed by atoms with Crippen molar-refractivity contribution in [3.05, 3.63) is 29.8 Å². The summed E-state index contributed by atoms with van der Waals surface area (Å²) < 4.78 is 5.63. The first-order chi connectivity index (χ1) is 9.51. The molecule has 0 heterocycles. The first-order valence-electron chi connectivity index (χ1n) is 7.24. The molecule has 0 saturated carbocycles. The molecule has 0 atom stereocenters. The molecule has 0 bridgehead atoms. The number of rotatable bonds is 6. The normalized spacial score (nSPS) is 11.8. The summed E-state index contributed by atoms with van der Waals surface area (Å²) in [4.78, 5) is 4.18. The smallest absolute Gasteiger partial charge is 0.191 e. The molecule has 1 aromatic rings. The molecule has 0 aromatic heterocycles. The second-order valence-corrected chi connectivity index (χ2v) is 5.36. The summed E-state index contributed by atoms with van der Waals surface area (Å²) in [6, 6.07) is 8.65. The third-order valence-corrected chi connectivity index (χ3v) is 2.65. The number of hydrogen-bond acceptors (Lipinski definition) is 2. The van der Waals surface area contributed by atoms with Crippen LogP contribution in [0.4, 0.5) is 0 Å². The number of hydrogen-bond donors (Lipinski definition) is 2. The van der Waals surface area contributed by atoms with Crippen molar-refractivity contribution in [2.45, 2.75) is 46.3 Å². The van der Waals surface area contributed by atoms with Gasteiger partial charge in [-0.15, -0.1) is 0 Å². The molecule has 0 aliphatic heterocycles. The van der Waals surface area contributed by atoms with E-state index in [0.717, 1.165) is 24.7 Å². The molecule has 2 N–H and O–H groups in total. The van der Waals surface area contributed by atoms with Crippen molar-refractivity contribution in [3.8, 4) is 5.75 Å². The highest BCUT2D eigenvalue weighted by molar-refractivity contribution is 5.79. The van der Waals surface area contributed by atoms with Crippen molar-refractivity contribution >= 4 is 5.96 Å². The van der Waals surface area contributed by atoms with Gasteiger partial charge in [-0.1, -0.05) is 12.1 Å². The zero-order valence-electron chi connectivity index (χ0n) is 13.2. The average Bonchev–Trinajstić information content (AvgIpc) is 2.38. The van der Waals surface area contributed by atoms with Gasteiger partial charge in [0.15, 0.2) is 5.96 Å². The largest absolute Gasteiger partial charge is 0.491 e. The van der Waals surface area contributed by atoms with Crippen LogP contribution < -0.4 is 15.4 Å². The van der Waals surface area contributed by atoms with Crippen LogP contribution in [0.1, 0.15) is 33.3 Å². The van der Waals surface area contributed by atoms with Gasteiger partial charge >= 0.3 is 0 Å². The number of ether oxygens (including phenoxy) is 1. The number of nitrogens with zero attached hydrogens (tertiary/aromatic N) is 1. The molecule has 4 heteroatoms. The molecule has 0 aliphatic rings. The maximum atomic E-state index is 5.63. The maximum Gasteiger partial charge on any atom is 0.191 e. The Bertz CT molecular complexity index is 410. The summed E-state index contributed by atoms with van der Waals surface area (Å²) in [5.74, 6) is 1.77. The monoisotopic (exact) mass is 277 g/mol. The van der Waals surface area contributed by atoms with Gasteiger partial charge in [-0.05, 0) is 51.8 Å². The van der Waals surface area contributed by atoms with Crippen LogP contribution in [0.2, 0.25) is 0 Å². The minimum absolute atomic E-state index is 0.216. The van der Waals surface area contributed by atoms with E-state index in [1.54, 1.807) is 7.05 Å². The first kappa shape index (κ1) is 16.3. The van der Waals surface area contributed by atoms with Gasteiger partial charge in [0.2, 0.25) is 0 Å². The highest BCUT2D eigenvalue weighted by Gasteiger charge is 2.01. The third-order valence-electron chi connectivity index (χ3n) is 2.65. The van der Waals surface area contributed by atoms with Crippen molar-refractivity contribution in [1.82, 2.24) is 10.6 Å². The molecule has 0 spiro atoms. The second-order valence-electron chi connectivity index (χ2n) is 5.36. The highest BCUT2D eigenvalue weighted by atomic mass is 16.5. The van der Waals surface area contributed by atoms with E-state index in [0.29, 0.717) is 6.04 Å². The van der Waals surface area contributed by atoms with Crippen LogP contribution >= 0.6 is 0 Å².